The number of rotatable bonds is 7. The van der Waals surface area contributed by atoms with E-state index in [0.717, 1.165) is 10.6 Å². The lowest BCUT2D eigenvalue weighted by molar-refractivity contribution is -0.120. The largest absolute Gasteiger partial charge is 0.493 e. The molecule has 4 rings (SSSR count). The van der Waals surface area contributed by atoms with Crippen molar-refractivity contribution in [1.82, 2.24) is 0 Å². The Hall–Kier alpha value is -3.93. The van der Waals surface area contributed by atoms with Crippen LogP contribution in [0.25, 0.3) is 5.57 Å². The highest BCUT2D eigenvalue weighted by molar-refractivity contribution is 6.46. The van der Waals surface area contributed by atoms with Crippen LogP contribution < -0.4 is 14.5 Å². The molecule has 3 aromatic carbocycles. The summed E-state index contributed by atoms with van der Waals surface area (Å²) in [6.45, 7) is 4.69. The van der Waals surface area contributed by atoms with Gasteiger partial charge in [-0.15, -0.1) is 0 Å². The highest BCUT2D eigenvalue weighted by atomic mass is 19.1. The quantitative estimate of drug-likeness (QED) is 0.465. The molecule has 0 N–H and O–H groups in total. The van der Waals surface area contributed by atoms with Crippen molar-refractivity contribution in [3.63, 3.8) is 0 Å². The number of halogens is 1. The molecule has 33 heavy (non-hydrogen) atoms. The number of amides is 2. The third-order valence-corrected chi connectivity index (χ3v) is 5.36. The molecule has 168 valence electrons. The fourth-order valence-corrected chi connectivity index (χ4v) is 3.70. The van der Waals surface area contributed by atoms with Gasteiger partial charge in [-0.1, -0.05) is 56.3 Å². The van der Waals surface area contributed by atoms with Gasteiger partial charge in [-0.05, 0) is 47.9 Å². The van der Waals surface area contributed by atoms with E-state index in [-0.39, 0.29) is 17.0 Å². The minimum Gasteiger partial charge on any atom is -0.493 e. The molecule has 0 saturated heterocycles. The number of ether oxygens (including phenoxy) is 1. The molecule has 3 aromatic rings. The van der Waals surface area contributed by atoms with Gasteiger partial charge in [-0.3, -0.25) is 9.59 Å². The van der Waals surface area contributed by atoms with E-state index < -0.39 is 17.6 Å². The second-order valence-corrected chi connectivity index (χ2v) is 8.24. The minimum absolute atomic E-state index is 0.0710. The molecule has 0 radical (unpaired) electrons. The normalized spacial score (nSPS) is 13.8. The van der Waals surface area contributed by atoms with Crippen molar-refractivity contribution in [2.75, 3.05) is 23.5 Å². The van der Waals surface area contributed by atoms with Gasteiger partial charge in [0, 0.05) is 12.7 Å². The first-order valence-corrected chi connectivity index (χ1v) is 10.8. The average Bonchev–Trinajstić information content (AvgIpc) is 3.08. The molecule has 0 atom stereocenters. The first-order valence-electron chi connectivity index (χ1n) is 10.8. The van der Waals surface area contributed by atoms with E-state index in [1.54, 1.807) is 42.3 Å². The smallest absolute Gasteiger partial charge is 0.282 e. The molecule has 0 spiro atoms. The topological polar surface area (TPSA) is 49.9 Å². The highest BCUT2D eigenvalue weighted by Gasteiger charge is 2.43. The van der Waals surface area contributed by atoms with E-state index in [1.807, 2.05) is 30.3 Å². The van der Waals surface area contributed by atoms with Crippen molar-refractivity contribution in [1.29, 1.82) is 0 Å². The van der Waals surface area contributed by atoms with Crippen molar-refractivity contribution >= 4 is 28.8 Å². The summed E-state index contributed by atoms with van der Waals surface area (Å²) in [6.07, 6.45) is 0. The van der Waals surface area contributed by atoms with E-state index in [4.69, 9.17) is 4.74 Å². The second kappa shape index (κ2) is 9.28. The molecule has 0 aromatic heterocycles. The summed E-state index contributed by atoms with van der Waals surface area (Å²) in [5.41, 5.74) is 1.62. The van der Waals surface area contributed by atoms with E-state index >= 15 is 0 Å². The molecular weight excluding hydrogens is 419 g/mol. The Morgan fingerprint density at radius 2 is 1.52 bits per heavy atom. The van der Waals surface area contributed by atoms with Gasteiger partial charge in [0.2, 0.25) is 0 Å². The van der Waals surface area contributed by atoms with Crippen molar-refractivity contribution in [2.24, 2.45) is 5.92 Å². The molecular formula is C27H25FN2O3. The molecule has 0 bridgehead atoms. The Morgan fingerprint density at radius 3 is 2.15 bits per heavy atom. The van der Waals surface area contributed by atoms with Crippen LogP contribution in [0.15, 0.2) is 84.6 Å². The molecule has 6 heteroatoms. The van der Waals surface area contributed by atoms with Gasteiger partial charge in [-0.25, -0.2) is 9.29 Å². The van der Waals surface area contributed by atoms with Crippen LogP contribution in [0.4, 0.5) is 15.8 Å². The Labute approximate surface area is 192 Å². The Bertz CT molecular complexity index is 1200. The lowest BCUT2D eigenvalue weighted by Crippen LogP contribution is -2.34. The van der Waals surface area contributed by atoms with Crippen LogP contribution in [0.5, 0.6) is 5.75 Å². The van der Waals surface area contributed by atoms with E-state index in [2.05, 4.69) is 13.8 Å². The number of hydrogen-bond acceptors (Lipinski definition) is 4. The predicted molar refractivity (Wildman–Crippen MR) is 127 cm³/mol. The molecule has 5 nitrogen and oxygen atoms in total. The number of hydrogen-bond donors (Lipinski definition) is 0. The summed E-state index contributed by atoms with van der Waals surface area (Å²) in [4.78, 5) is 29.6. The van der Waals surface area contributed by atoms with Gasteiger partial charge in [0.25, 0.3) is 11.8 Å². The number of likely N-dealkylation sites (N-methyl/N-ethyl adjacent to an activating group) is 1. The third-order valence-electron chi connectivity index (χ3n) is 5.36. The van der Waals surface area contributed by atoms with Crippen molar-refractivity contribution < 1.29 is 18.7 Å². The molecule has 1 aliphatic heterocycles. The number of para-hydroxylation sites is 2. The van der Waals surface area contributed by atoms with Gasteiger partial charge in [0.05, 0.1) is 17.9 Å². The number of nitrogens with zero attached hydrogens (tertiary/aromatic N) is 2. The summed E-state index contributed by atoms with van der Waals surface area (Å²) < 4.78 is 20.3. The van der Waals surface area contributed by atoms with Crippen molar-refractivity contribution in [2.45, 2.75) is 13.8 Å². The van der Waals surface area contributed by atoms with Crippen LogP contribution in [0, 0.1) is 11.7 Å². The number of carbonyl (C=O) groups excluding carboxylic acids is 2. The summed E-state index contributed by atoms with van der Waals surface area (Å²) in [5.74, 6) is -0.736. The molecule has 0 fully saturated rings. The lowest BCUT2D eigenvalue weighted by atomic mass is 10.0. The van der Waals surface area contributed by atoms with E-state index in [0.29, 0.717) is 23.8 Å². The maximum absolute atomic E-state index is 14.6. The molecule has 0 saturated carbocycles. The maximum Gasteiger partial charge on any atom is 0.282 e. The van der Waals surface area contributed by atoms with Crippen LogP contribution in [0.1, 0.15) is 19.4 Å². The zero-order chi connectivity index (χ0) is 23.5. The Morgan fingerprint density at radius 1 is 0.879 bits per heavy atom. The fraction of sp³-hybridized carbons (Fsp3) is 0.185. The standard InChI is InChI=1S/C27H25FN2O3/c1-18(2)17-33-21-15-13-19(14-16-21)24-25(29(3)20-9-5-4-6-10-20)27(32)30(26(24)31)23-12-8-7-11-22(23)28/h4-16,18H,17H2,1-3H3. The summed E-state index contributed by atoms with van der Waals surface area (Å²) >= 11 is 0. The van der Waals surface area contributed by atoms with Gasteiger partial charge >= 0.3 is 0 Å². The first-order chi connectivity index (χ1) is 15.9. The number of carbonyl (C=O) groups is 2. The molecule has 1 heterocycles. The second-order valence-electron chi connectivity index (χ2n) is 8.24. The predicted octanol–water partition coefficient (Wildman–Crippen LogP) is 5.28. The van der Waals surface area contributed by atoms with Gasteiger partial charge in [0.1, 0.15) is 17.3 Å². The fourth-order valence-electron chi connectivity index (χ4n) is 3.70. The van der Waals surface area contributed by atoms with Gasteiger partial charge < -0.3 is 9.64 Å². The molecule has 0 unspecified atom stereocenters. The lowest BCUT2D eigenvalue weighted by Gasteiger charge is -2.21. The Balaban J connectivity index is 1.80. The van der Waals surface area contributed by atoms with Crippen LogP contribution in [0.2, 0.25) is 0 Å². The van der Waals surface area contributed by atoms with Crippen LogP contribution in [-0.4, -0.2) is 25.5 Å². The highest BCUT2D eigenvalue weighted by Crippen LogP contribution is 2.37. The van der Waals surface area contributed by atoms with Gasteiger partial charge in [-0.2, -0.15) is 0 Å². The van der Waals surface area contributed by atoms with Crippen LogP contribution in [0.3, 0.4) is 0 Å². The zero-order valence-electron chi connectivity index (χ0n) is 18.8. The number of imide groups is 1. The van der Waals surface area contributed by atoms with Crippen LogP contribution >= 0.6 is 0 Å². The minimum atomic E-state index is -0.639. The summed E-state index contributed by atoms with van der Waals surface area (Å²) in [5, 5.41) is 0. The monoisotopic (exact) mass is 444 g/mol. The first kappa shape index (κ1) is 22.3. The van der Waals surface area contributed by atoms with Gasteiger partial charge in [0.15, 0.2) is 0 Å². The van der Waals surface area contributed by atoms with E-state index in [1.165, 1.54) is 18.2 Å². The third kappa shape index (κ3) is 4.37. The average molecular weight is 445 g/mol. The number of anilines is 2. The van der Waals surface area contributed by atoms with Crippen molar-refractivity contribution in [3.8, 4) is 5.75 Å². The molecule has 0 aliphatic carbocycles. The van der Waals surface area contributed by atoms with Crippen LogP contribution in [-0.2, 0) is 9.59 Å². The van der Waals surface area contributed by atoms with E-state index in [9.17, 15) is 14.0 Å². The zero-order valence-corrected chi connectivity index (χ0v) is 18.8. The van der Waals surface area contributed by atoms with Crippen molar-refractivity contribution in [3.05, 3.63) is 95.9 Å². The number of benzene rings is 3. The summed E-state index contributed by atoms with van der Waals surface area (Å²) in [7, 11) is 1.72. The SMILES string of the molecule is CC(C)COc1ccc(C2=C(N(C)c3ccccc3)C(=O)N(c3ccccc3F)C2=O)cc1. The Kier molecular flexibility index (Phi) is 6.27. The summed E-state index contributed by atoms with van der Waals surface area (Å²) in [6, 6.07) is 22.1. The maximum atomic E-state index is 14.6. The molecule has 1 aliphatic rings. The molecule has 2 amide bonds.